The molecular formula is C13H12ClN5O3. The van der Waals surface area contributed by atoms with Crippen LogP contribution in [-0.4, -0.2) is 55.2 Å². The standard InChI is InChI=1S/C13H12ClN5O3/c14-9-1-2-11(19-7-15-16-17-19)10(5-9)12(20)18-4-3-8(6-18)13(21)22/h1-2,5,7-8H,3-4,6H2,(H,21,22). The van der Waals surface area contributed by atoms with E-state index in [0.29, 0.717) is 29.2 Å². The highest BCUT2D eigenvalue weighted by Crippen LogP contribution is 2.24. The number of amides is 1. The molecule has 0 radical (unpaired) electrons. The number of carboxylic acid groups (broad SMARTS) is 1. The maximum absolute atomic E-state index is 12.7. The molecule has 1 saturated heterocycles. The van der Waals surface area contributed by atoms with Crippen LogP contribution in [0.2, 0.25) is 5.02 Å². The van der Waals surface area contributed by atoms with Gasteiger partial charge in [0.1, 0.15) is 6.33 Å². The summed E-state index contributed by atoms with van der Waals surface area (Å²) in [4.78, 5) is 25.2. The Bertz CT molecular complexity index is 718. The average Bonchev–Trinajstić information content (AvgIpc) is 3.18. The summed E-state index contributed by atoms with van der Waals surface area (Å²) >= 11 is 5.98. The summed E-state index contributed by atoms with van der Waals surface area (Å²) in [5.41, 5.74) is 0.837. The van der Waals surface area contributed by atoms with Gasteiger partial charge in [-0.3, -0.25) is 9.59 Å². The lowest BCUT2D eigenvalue weighted by Crippen LogP contribution is -2.30. The Morgan fingerprint density at radius 3 is 2.82 bits per heavy atom. The van der Waals surface area contributed by atoms with Gasteiger partial charge in [0.05, 0.1) is 17.2 Å². The number of carbonyl (C=O) groups is 2. The minimum absolute atomic E-state index is 0.190. The van der Waals surface area contributed by atoms with Crippen LogP contribution < -0.4 is 0 Å². The second-order valence-electron chi connectivity index (χ2n) is 4.99. The van der Waals surface area contributed by atoms with Crippen LogP contribution in [0.15, 0.2) is 24.5 Å². The summed E-state index contributed by atoms with van der Waals surface area (Å²) in [6.07, 6.45) is 1.83. The molecule has 1 aromatic heterocycles. The third-order valence-electron chi connectivity index (χ3n) is 3.61. The van der Waals surface area contributed by atoms with Gasteiger partial charge in [-0.05, 0) is 35.0 Å². The van der Waals surface area contributed by atoms with Gasteiger partial charge in [-0.15, -0.1) is 5.10 Å². The molecule has 1 amide bonds. The highest BCUT2D eigenvalue weighted by atomic mass is 35.5. The van der Waals surface area contributed by atoms with E-state index in [1.807, 2.05) is 0 Å². The van der Waals surface area contributed by atoms with Crippen molar-refractivity contribution in [3.63, 3.8) is 0 Å². The first-order chi connectivity index (χ1) is 10.6. The van der Waals surface area contributed by atoms with Crippen molar-refractivity contribution < 1.29 is 14.7 Å². The molecule has 0 bridgehead atoms. The zero-order valence-corrected chi connectivity index (χ0v) is 12.1. The Morgan fingerprint density at radius 2 is 2.18 bits per heavy atom. The molecule has 1 aliphatic rings. The SMILES string of the molecule is O=C(O)C1CCN(C(=O)c2cc(Cl)ccc2-n2cnnn2)C1. The van der Waals surface area contributed by atoms with Crippen LogP contribution in [0.4, 0.5) is 0 Å². The first-order valence-electron chi connectivity index (χ1n) is 6.61. The van der Waals surface area contributed by atoms with Gasteiger partial charge in [-0.2, -0.15) is 4.68 Å². The van der Waals surface area contributed by atoms with Crippen LogP contribution in [0.25, 0.3) is 5.69 Å². The van der Waals surface area contributed by atoms with Crippen molar-refractivity contribution >= 4 is 23.5 Å². The molecule has 8 nitrogen and oxygen atoms in total. The molecule has 2 aromatic rings. The van der Waals surface area contributed by atoms with Gasteiger partial charge >= 0.3 is 5.97 Å². The fraction of sp³-hybridized carbons (Fsp3) is 0.308. The number of aromatic nitrogens is 4. The Hall–Kier alpha value is -2.48. The van der Waals surface area contributed by atoms with Gasteiger partial charge < -0.3 is 10.0 Å². The molecule has 1 aromatic carbocycles. The summed E-state index contributed by atoms with van der Waals surface area (Å²) in [6.45, 7) is 0.590. The number of likely N-dealkylation sites (tertiary alicyclic amines) is 1. The fourth-order valence-electron chi connectivity index (χ4n) is 2.47. The molecule has 2 heterocycles. The Balaban J connectivity index is 1.93. The number of hydrogen-bond acceptors (Lipinski definition) is 5. The van der Waals surface area contributed by atoms with E-state index >= 15 is 0 Å². The summed E-state index contributed by atoms with van der Waals surface area (Å²) in [5, 5.41) is 20.3. The third kappa shape index (κ3) is 2.64. The predicted molar refractivity (Wildman–Crippen MR) is 75.8 cm³/mol. The Kier molecular flexibility index (Phi) is 3.76. The van der Waals surface area contributed by atoms with Gasteiger partial charge in [-0.25, -0.2) is 0 Å². The number of benzene rings is 1. The monoisotopic (exact) mass is 321 g/mol. The highest BCUT2D eigenvalue weighted by molar-refractivity contribution is 6.31. The number of halogens is 1. The minimum atomic E-state index is -0.887. The van der Waals surface area contributed by atoms with Gasteiger partial charge in [-0.1, -0.05) is 11.6 Å². The number of nitrogens with zero attached hydrogens (tertiary/aromatic N) is 5. The van der Waals surface area contributed by atoms with Crippen LogP contribution >= 0.6 is 11.6 Å². The van der Waals surface area contributed by atoms with Crippen molar-refractivity contribution in [1.82, 2.24) is 25.1 Å². The smallest absolute Gasteiger partial charge is 0.308 e. The van der Waals surface area contributed by atoms with E-state index < -0.39 is 11.9 Å². The molecule has 1 fully saturated rings. The predicted octanol–water partition coefficient (Wildman–Crippen LogP) is 0.862. The molecule has 1 N–H and O–H groups in total. The summed E-state index contributed by atoms with van der Waals surface area (Å²) < 4.78 is 1.37. The maximum atomic E-state index is 12.7. The van der Waals surface area contributed by atoms with Crippen LogP contribution in [0.3, 0.4) is 0 Å². The molecule has 3 rings (SSSR count). The number of rotatable bonds is 3. The van der Waals surface area contributed by atoms with E-state index in [2.05, 4.69) is 15.5 Å². The number of tetrazole rings is 1. The van der Waals surface area contributed by atoms with Crippen molar-refractivity contribution in [2.45, 2.75) is 6.42 Å². The van der Waals surface area contributed by atoms with Crippen molar-refractivity contribution in [3.8, 4) is 5.69 Å². The second-order valence-corrected chi connectivity index (χ2v) is 5.43. The summed E-state index contributed by atoms with van der Waals surface area (Å²) in [7, 11) is 0. The first-order valence-corrected chi connectivity index (χ1v) is 6.99. The largest absolute Gasteiger partial charge is 0.481 e. The van der Waals surface area contributed by atoms with Crippen molar-refractivity contribution in [1.29, 1.82) is 0 Å². The normalized spacial score (nSPS) is 17.7. The third-order valence-corrected chi connectivity index (χ3v) is 3.84. The lowest BCUT2D eigenvalue weighted by molar-refractivity contribution is -0.141. The van der Waals surface area contributed by atoms with E-state index in [0.717, 1.165) is 0 Å². The van der Waals surface area contributed by atoms with Crippen LogP contribution in [0.5, 0.6) is 0 Å². The molecule has 0 saturated carbocycles. The van der Waals surface area contributed by atoms with Crippen LogP contribution in [0.1, 0.15) is 16.8 Å². The van der Waals surface area contributed by atoms with Crippen molar-refractivity contribution in [2.24, 2.45) is 5.92 Å². The molecular weight excluding hydrogens is 310 g/mol. The average molecular weight is 322 g/mol. The van der Waals surface area contributed by atoms with Crippen LogP contribution in [0, 0.1) is 5.92 Å². The van der Waals surface area contributed by atoms with E-state index in [9.17, 15) is 9.59 Å². The summed E-state index contributed by atoms with van der Waals surface area (Å²) in [5.74, 6) is -1.70. The molecule has 0 spiro atoms. The van der Waals surface area contributed by atoms with Gasteiger partial charge in [0, 0.05) is 18.1 Å². The lowest BCUT2D eigenvalue weighted by Gasteiger charge is -2.18. The molecule has 0 aliphatic carbocycles. The quantitative estimate of drug-likeness (QED) is 0.899. The molecule has 114 valence electrons. The van der Waals surface area contributed by atoms with Crippen LogP contribution in [-0.2, 0) is 4.79 Å². The first kappa shape index (κ1) is 14.5. The van der Waals surface area contributed by atoms with Gasteiger partial charge in [0.2, 0.25) is 0 Å². The lowest BCUT2D eigenvalue weighted by atomic mass is 10.1. The van der Waals surface area contributed by atoms with Gasteiger partial charge in [0.15, 0.2) is 0 Å². The highest BCUT2D eigenvalue weighted by Gasteiger charge is 2.32. The molecule has 1 aliphatic heterocycles. The zero-order valence-electron chi connectivity index (χ0n) is 11.4. The topological polar surface area (TPSA) is 101 Å². The van der Waals surface area contributed by atoms with E-state index in [1.54, 1.807) is 12.1 Å². The molecule has 1 atom stereocenters. The number of hydrogen-bond donors (Lipinski definition) is 1. The maximum Gasteiger partial charge on any atom is 0.308 e. The Morgan fingerprint density at radius 1 is 1.36 bits per heavy atom. The minimum Gasteiger partial charge on any atom is -0.481 e. The number of aliphatic carboxylic acids is 1. The second kappa shape index (κ2) is 5.72. The fourth-order valence-corrected chi connectivity index (χ4v) is 2.64. The van der Waals surface area contributed by atoms with E-state index in [-0.39, 0.29) is 12.5 Å². The number of carboxylic acids is 1. The Labute approximate surface area is 130 Å². The van der Waals surface area contributed by atoms with Crippen molar-refractivity contribution in [3.05, 3.63) is 35.1 Å². The molecule has 9 heteroatoms. The molecule has 1 unspecified atom stereocenters. The van der Waals surface area contributed by atoms with E-state index in [4.69, 9.17) is 16.7 Å². The zero-order chi connectivity index (χ0) is 15.7. The molecule has 22 heavy (non-hydrogen) atoms. The van der Waals surface area contributed by atoms with E-state index in [1.165, 1.54) is 22.0 Å². The van der Waals surface area contributed by atoms with Crippen molar-refractivity contribution in [2.75, 3.05) is 13.1 Å². The summed E-state index contributed by atoms with van der Waals surface area (Å²) in [6, 6.07) is 4.82. The van der Waals surface area contributed by atoms with Gasteiger partial charge in [0.25, 0.3) is 5.91 Å². The number of carbonyl (C=O) groups excluding carboxylic acids is 1.